The van der Waals surface area contributed by atoms with E-state index in [9.17, 15) is 14.7 Å². The van der Waals surface area contributed by atoms with E-state index in [0.29, 0.717) is 16.3 Å². The van der Waals surface area contributed by atoms with Crippen LogP contribution in [0.25, 0.3) is 0 Å². The van der Waals surface area contributed by atoms with E-state index in [4.69, 9.17) is 23.2 Å². The Bertz CT molecular complexity index is 506. The zero-order valence-electron chi connectivity index (χ0n) is 10.5. The topological polar surface area (TPSA) is 69.6 Å². The third kappa shape index (κ3) is 3.83. The van der Waals surface area contributed by atoms with Crippen LogP contribution in [-0.4, -0.2) is 30.5 Å². The number of nitrogens with one attached hydrogen (secondary N) is 1. The summed E-state index contributed by atoms with van der Waals surface area (Å²) >= 11 is 12.0. The molecule has 2 amide bonds. The van der Waals surface area contributed by atoms with Crippen LogP contribution >= 0.6 is 23.2 Å². The molecule has 0 aliphatic rings. The number of rotatable bonds is 4. The van der Waals surface area contributed by atoms with Gasteiger partial charge < -0.3 is 15.3 Å². The first-order valence-corrected chi connectivity index (χ1v) is 6.22. The van der Waals surface area contributed by atoms with Crippen LogP contribution in [0, 0.1) is 0 Å². The van der Waals surface area contributed by atoms with Gasteiger partial charge in [0.2, 0.25) is 11.8 Å². The highest BCUT2D eigenvalue weighted by Crippen LogP contribution is 2.33. The van der Waals surface area contributed by atoms with Crippen molar-refractivity contribution >= 4 is 40.7 Å². The molecular weight excluding hydrogens is 291 g/mol. The van der Waals surface area contributed by atoms with Gasteiger partial charge in [-0.2, -0.15) is 0 Å². The second-order valence-electron chi connectivity index (χ2n) is 3.88. The molecule has 1 aromatic rings. The van der Waals surface area contributed by atoms with Gasteiger partial charge in [-0.3, -0.25) is 9.59 Å². The lowest BCUT2D eigenvalue weighted by Gasteiger charge is -2.20. The first-order chi connectivity index (χ1) is 8.88. The SMILES string of the molecule is CC(=O)NCC(=O)N(C)c1ccc(Cl)c(CO)c1Cl. The number of anilines is 1. The Morgan fingerprint density at radius 3 is 2.53 bits per heavy atom. The zero-order chi connectivity index (χ0) is 14.6. The molecular formula is C12H14Cl2N2O3. The Labute approximate surface area is 121 Å². The van der Waals surface area contributed by atoms with E-state index >= 15 is 0 Å². The number of nitrogens with zero attached hydrogens (tertiary/aromatic N) is 1. The van der Waals surface area contributed by atoms with Gasteiger partial charge >= 0.3 is 0 Å². The van der Waals surface area contributed by atoms with E-state index in [1.807, 2.05) is 0 Å². The van der Waals surface area contributed by atoms with E-state index in [2.05, 4.69) is 5.32 Å². The molecule has 0 fully saturated rings. The summed E-state index contributed by atoms with van der Waals surface area (Å²) in [4.78, 5) is 23.9. The number of aliphatic hydroxyl groups is 1. The minimum Gasteiger partial charge on any atom is -0.392 e. The molecule has 2 N–H and O–H groups in total. The fraction of sp³-hybridized carbons (Fsp3) is 0.333. The molecule has 19 heavy (non-hydrogen) atoms. The monoisotopic (exact) mass is 304 g/mol. The van der Waals surface area contributed by atoms with Gasteiger partial charge in [0.1, 0.15) is 0 Å². The molecule has 1 rings (SSSR count). The molecule has 0 aromatic heterocycles. The van der Waals surface area contributed by atoms with Crippen molar-refractivity contribution < 1.29 is 14.7 Å². The number of hydrogen-bond donors (Lipinski definition) is 2. The molecule has 1 aromatic carbocycles. The fourth-order valence-corrected chi connectivity index (χ4v) is 2.06. The van der Waals surface area contributed by atoms with Crippen molar-refractivity contribution in [2.45, 2.75) is 13.5 Å². The molecule has 104 valence electrons. The predicted octanol–water partition coefficient (Wildman–Crippen LogP) is 1.58. The van der Waals surface area contributed by atoms with Crippen LogP contribution in [0.3, 0.4) is 0 Å². The quantitative estimate of drug-likeness (QED) is 0.887. The highest BCUT2D eigenvalue weighted by Gasteiger charge is 2.17. The van der Waals surface area contributed by atoms with Crippen LogP contribution in [0.2, 0.25) is 10.0 Å². The minimum absolute atomic E-state index is 0.126. The van der Waals surface area contributed by atoms with Crippen molar-refractivity contribution in [3.63, 3.8) is 0 Å². The standard InChI is InChI=1S/C12H14Cl2N2O3/c1-7(18)15-5-11(19)16(2)10-4-3-9(13)8(6-17)12(10)14/h3-4,17H,5-6H2,1-2H3,(H,15,18). The number of carbonyl (C=O) groups is 2. The predicted molar refractivity (Wildman–Crippen MR) is 74.5 cm³/mol. The number of carbonyl (C=O) groups excluding carboxylic acids is 2. The number of likely N-dealkylation sites (N-methyl/N-ethyl adjacent to an activating group) is 1. The number of halogens is 2. The summed E-state index contributed by atoms with van der Waals surface area (Å²) in [6, 6.07) is 3.13. The second-order valence-corrected chi connectivity index (χ2v) is 4.66. The van der Waals surface area contributed by atoms with Crippen LogP contribution in [0.15, 0.2) is 12.1 Å². The molecule has 0 bridgehead atoms. The average molecular weight is 305 g/mol. The largest absolute Gasteiger partial charge is 0.392 e. The Morgan fingerprint density at radius 2 is 2.00 bits per heavy atom. The third-order valence-corrected chi connectivity index (χ3v) is 3.32. The van der Waals surface area contributed by atoms with E-state index < -0.39 is 0 Å². The first-order valence-electron chi connectivity index (χ1n) is 5.47. The van der Waals surface area contributed by atoms with Crippen LogP contribution in [0.1, 0.15) is 12.5 Å². The van der Waals surface area contributed by atoms with Crippen LogP contribution in [-0.2, 0) is 16.2 Å². The number of aliphatic hydroxyl groups excluding tert-OH is 1. The van der Waals surface area contributed by atoms with Gasteiger partial charge in [-0.15, -0.1) is 0 Å². The summed E-state index contributed by atoms with van der Waals surface area (Å²) < 4.78 is 0. The number of benzene rings is 1. The van der Waals surface area contributed by atoms with Gasteiger partial charge in [0.15, 0.2) is 0 Å². The molecule has 5 nitrogen and oxygen atoms in total. The Hall–Kier alpha value is -1.30. The molecule has 0 saturated carbocycles. The van der Waals surface area contributed by atoms with Crippen molar-refractivity contribution in [2.75, 3.05) is 18.5 Å². The van der Waals surface area contributed by atoms with Gasteiger partial charge in [0.25, 0.3) is 0 Å². The Morgan fingerprint density at radius 1 is 1.37 bits per heavy atom. The Balaban J connectivity index is 2.96. The summed E-state index contributed by atoms with van der Waals surface area (Å²) in [6.45, 7) is 0.880. The van der Waals surface area contributed by atoms with Crippen molar-refractivity contribution in [1.29, 1.82) is 0 Å². The highest BCUT2D eigenvalue weighted by atomic mass is 35.5. The van der Waals surface area contributed by atoms with Gasteiger partial charge in [-0.05, 0) is 12.1 Å². The average Bonchev–Trinajstić information content (AvgIpc) is 2.35. The van der Waals surface area contributed by atoms with Crippen molar-refractivity contribution in [3.05, 3.63) is 27.7 Å². The highest BCUT2D eigenvalue weighted by molar-refractivity contribution is 6.38. The molecule has 7 heteroatoms. The third-order valence-electron chi connectivity index (χ3n) is 2.55. The maximum atomic E-state index is 11.8. The normalized spacial score (nSPS) is 10.2. The van der Waals surface area contributed by atoms with Gasteiger partial charge in [-0.25, -0.2) is 0 Å². The maximum Gasteiger partial charge on any atom is 0.246 e. The Kier molecular flexibility index (Phi) is 5.60. The van der Waals surface area contributed by atoms with Crippen LogP contribution < -0.4 is 10.2 Å². The van der Waals surface area contributed by atoms with Gasteiger partial charge in [0.05, 0.1) is 23.9 Å². The zero-order valence-corrected chi connectivity index (χ0v) is 12.0. The summed E-state index contributed by atoms with van der Waals surface area (Å²) in [5.41, 5.74) is 0.783. The van der Waals surface area contributed by atoms with Crippen molar-refractivity contribution in [1.82, 2.24) is 5.32 Å². The molecule has 0 radical (unpaired) electrons. The van der Waals surface area contributed by atoms with E-state index in [0.717, 1.165) is 0 Å². The second kappa shape index (κ2) is 6.75. The lowest BCUT2D eigenvalue weighted by molar-refractivity contribution is -0.123. The van der Waals surface area contributed by atoms with Crippen molar-refractivity contribution in [2.24, 2.45) is 0 Å². The lowest BCUT2D eigenvalue weighted by atomic mass is 10.2. The van der Waals surface area contributed by atoms with E-state index in [-0.39, 0.29) is 30.0 Å². The van der Waals surface area contributed by atoms with E-state index in [1.54, 1.807) is 12.1 Å². The molecule has 0 saturated heterocycles. The molecule has 0 aliphatic heterocycles. The first kappa shape index (κ1) is 15.8. The minimum atomic E-state index is -0.330. The maximum absolute atomic E-state index is 11.8. The summed E-state index contributed by atoms with van der Waals surface area (Å²) in [7, 11) is 1.53. The molecule has 0 aliphatic carbocycles. The molecule has 0 heterocycles. The fourth-order valence-electron chi connectivity index (χ4n) is 1.44. The van der Waals surface area contributed by atoms with Crippen LogP contribution in [0.4, 0.5) is 5.69 Å². The van der Waals surface area contributed by atoms with Gasteiger partial charge in [0, 0.05) is 24.6 Å². The number of hydrogen-bond acceptors (Lipinski definition) is 3. The van der Waals surface area contributed by atoms with Crippen LogP contribution in [0.5, 0.6) is 0 Å². The summed E-state index contributed by atoms with van der Waals surface area (Å²) in [5.74, 6) is -0.622. The molecule has 0 spiro atoms. The lowest BCUT2D eigenvalue weighted by Crippen LogP contribution is -2.37. The smallest absolute Gasteiger partial charge is 0.246 e. The number of amides is 2. The van der Waals surface area contributed by atoms with Crippen molar-refractivity contribution in [3.8, 4) is 0 Å². The van der Waals surface area contributed by atoms with Gasteiger partial charge in [-0.1, -0.05) is 23.2 Å². The summed E-state index contributed by atoms with van der Waals surface area (Å²) in [5, 5.41) is 12.1. The molecule has 0 unspecified atom stereocenters. The molecule has 0 atom stereocenters. The summed E-state index contributed by atoms with van der Waals surface area (Å²) in [6.07, 6.45) is 0. The van der Waals surface area contributed by atoms with E-state index in [1.165, 1.54) is 18.9 Å².